The van der Waals surface area contributed by atoms with E-state index in [2.05, 4.69) is 26.6 Å². The van der Waals surface area contributed by atoms with Gasteiger partial charge in [-0.05, 0) is 31.0 Å². The van der Waals surface area contributed by atoms with Crippen LogP contribution in [0.1, 0.15) is 18.9 Å². The summed E-state index contributed by atoms with van der Waals surface area (Å²) >= 11 is 9.91. The second-order valence-corrected chi connectivity index (χ2v) is 11.2. The van der Waals surface area contributed by atoms with Gasteiger partial charge >= 0.3 is 0 Å². The van der Waals surface area contributed by atoms with Gasteiger partial charge in [0.1, 0.15) is 11.6 Å². The third kappa shape index (κ3) is 4.02. The lowest BCUT2D eigenvalue weighted by Crippen LogP contribution is -2.56. The van der Waals surface area contributed by atoms with Crippen molar-refractivity contribution >= 4 is 50.9 Å². The van der Waals surface area contributed by atoms with Gasteiger partial charge in [-0.3, -0.25) is 14.4 Å². The number of halogens is 2. The van der Waals surface area contributed by atoms with Gasteiger partial charge in [0.15, 0.2) is 0 Å². The Kier molecular flexibility index (Phi) is 6.84. The van der Waals surface area contributed by atoms with Crippen LogP contribution in [-0.2, 0) is 25.7 Å². The van der Waals surface area contributed by atoms with Gasteiger partial charge in [-0.1, -0.05) is 70.0 Å². The van der Waals surface area contributed by atoms with Crippen LogP contribution in [0.25, 0.3) is 0 Å². The zero-order valence-corrected chi connectivity index (χ0v) is 21.9. The van der Waals surface area contributed by atoms with Crippen LogP contribution in [0.2, 0.25) is 5.02 Å². The van der Waals surface area contributed by atoms with Crippen molar-refractivity contribution in [3.8, 4) is 0 Å². The maximum Gasteiger partial charge on any atom is 0.250 e. The van der Waals surface area contributed by atoms with E-state index >= 15 is 0 Å². The molecule has 190 valence electrons. The van der Waals surface area contributed by atoms with Gasteiger partial charge in [0, 0.05) is 11.4 Å². The Balaban J connectivity index is 1.47. The van der Waals surface area contributed by atoms with Gasteiger partial charge in [-0.2, -0.15) is 0 Å². The molecular formula is C26H27BrClN3O5. The second kappa shape index (κ2) is 9.78. The highest BCUT2D eigenvalue weighted by molar-refractivity contribution is 9.09. The first-order valence-corrected chi connectivity index (χ1v) is 13.2. The van der Waals surface area contributed by atoms with E-state index in [1.54, 1.807) is 31.2 Å². The van der Waals surface area contributed by atoms with Gasteiger partial charge in [0.25, 0.3) is 0 Å². The molecule has 1 spiro atoms. The molecule has 3 heterocycles. The van der Waals surface area contributed by atoms with Crippen molar-refractivity contribution in [1.82, 2.24) is 10.2 Å². The van der Waals surface area contributed by atoms with Gasteiger partial charge in [0.2, 0.25) is 17.7 Å². The maximum atomic E-state index is 13.8. The minimum atomic E-state index is -1.21. The van der Waals surface area contributed by atoms with Crippen molar-refractivity contribution in [3.05, 3.63) is 65.2 Å². The molecule has 8 nitrogen and oxygen atoms in total. The number of carbonyl (C=O) groups excluding carboxylic acids is 3. The maximum absolute atomic E-state index is 13.8. The molecule has 2 bridgehead atoms. The lowest BCUT2D eigenvalue weighted by atomic mass is 9.70. The molecule has 3 saturated heterocycles. The number of likely N-dealkylation sites (tertiary alicyclic amines) is 1. The summed E-state index contributed by atoms with van der Waals surface area (Å²) in [6, 6.07) is 14.6. The number of nitrogens with one attached hydrogen (secondary N) is 2. The quantitative estimate of drug-likeness (QED) is 0.440. The van der Waals surface area contributed by atoms with Crippen molar-refractivity contribution in [3.63, 3.8) is 0 Å². The standard InChI is InChI=1S/C26H27BrClN3O5/c1-14(13-32)31-22(24(34)30-18-10-6-5-9-17(18)28)26-11-16(27)21(36-26)19(20(26)25(31)35)23(33)29-12-15-7-3-2-4-8-15/h2-10,14,16,19-22,32H,11-13H2,1H3,(H,29,33)(H,30,34)/t14-,16?,19-,20+,21-,22?,26?/m1/s1. The Labute approximate surface area is 222 Å². The average molecular weight is 577 g/mol. The zero-order chi connectivity index (χ0) is 25.6. The van der Waals surface area contributed by atoms with E-state index in [1.807, 2.05) is 30.3 Å². The summed E-state index contributed by atoms with van der Waals surface area (Å²) in [5, 5.41) is 16.1. The smallest absolute Gasteiger partial charge is 0.250 e. The number of alkyl halides is 1. The monoisotopic (exact) mass is 575 g/mol. The zero-order valence-electron chi connectivity index (χ0n) is 19.6. The van der Waals surface area contributed by atoms with Crippen molar-refractivity contribution < 1.29 is 24.2 Å². The molecule has 5 rings (SSSR count). The number of amides is 3. The number of hydrogen-bond acceptors (Lipinski definition) is 5. The molecular weight excluding hydrogens is 550 g/mol. The van der Waals surface area contributed by atoms with Crippen molar-refractivity contribution in [2.24, 2.45) is 11.8 Å². The number of aliphatic hydroxyl groups excluding tert-OH is 1. The average Bonchev–Trinajstić information content (AvgIpc) is 3.47. The molecule has 0 saturated carbocycles. The highest BCUT2D eigenvalue weighted by Crippen LogP contribution is 2.60. The molecule has 0 radical (unpaired) electrons. The Morgan fingerprint density at radius 3 is 2.58 bits per heavy atom. The number of rotatable bonds is 7. The first kappa shape index (κ1) is 25.2. The topological polar surface area (TPSA) is 108 Å². The van der Waals surface area contributed by atoms with E-state index in [9.17, 15) is 19.5 Å². The first-order chi connectivity index (χ1) is 17.3. The van der Waals surface area contributed by atoms with Crippen LogP contribution in [0, 0.1) is 11.8 Å². The number of nitrogens with zero attached hydrogens (tertiary/aromatic N) is 1. The number of benzene rings is 2. The van der Waals surface area contributed by atoms with Crippen molar-refractivity contribution in [1.29, 1.82) is 0 Å². The number of aliphatic hydroxyl groups is 1. The number of anilines is 1. The van der Waals surface area contributed by atoms with Crippen LogP contribution in [-0.4, -0.2) is 63.0 Å². The minimum Gasteiger partial charge on any atom is -0.394 e. The molecule has 3 N–H and O–H groups in total. The molecule has 10 heteroatoms. The molecule has 3 amide bonds. The van der Waals surface area contributed by atoms with Gasteiger partial charge in [0.05, 0.1) is 41.3 Å². The summed E-state index contributed by atoms with van der Waals surface area (Å²) in [6.45, 7) is 1.65. The van der Waals surface area contributed by atoms with Crippen LogP contribution in [0.4, 0.5) is 5.69 Å². The molecule has 36 heavy (non-hydrogen) atoms. The van der Waals surface area contributed by atoms with E-state index in [1.165, 1.54) is 4.90 Å². The van der Waals surface area contributed by atoms with Gasteiger partial charge < -0.3 is 25.4 Å². The van der Waals surface area contributed by atoms with E-state index in [0.29, 0.717) is 23.7 Å². The molecule has 3 fully saturated rings. The number of fused-ring (bicyclic) bond motifs is 1. The van der Waals surface area contributed by atoms with E-state index in [4.69, 9.17) is 16.3 Å². The minimum absolute atomic E-state index is 0.214. The SMILES string of the molecule is C[C@H](CO)N1C(=O)[C@@H]2[C@@H](C(=O)NCc3ccccc3)[C@@H]3OC2(CC3Br)C1C(=O)Nc1ccccc1Cl. The second-order valence-electron chi connectivity index (χ2n) is 9.61. The van der Waals surface area contributed by atoms with Crippen LogP contribution in [0.3, 0.4) is 0 Å². The third-order valence-corrected chi connectivity index (χ3v) is 8.63. The Morgan fingerprint density at radius 1 is 1.19 bits per heavy atom. The summed E-state index contributed by atoms with van der Waals surface area (Å²) in [7, 11) is 0. The highest BCUT2D eigenvalue weighted by Gasteiger charge is 2.76. The van der Waals surface area contributed by atoms with E-state index < -0.39 is 41.5 Å². The normalized spacial score (nSPS) is 31.3. The summed E-state index contributed by atoms with van der Waals surface area (Å²) in [4.78, 5) is 42.2. The first-order valence-electron chi connectivity index (χ1n) is 11.9. The summed E-state index contributed by atoms with van der Waals surface area (Å²) in [5.41, 5.74) is 0.137. The van der Waals surface area contributed by atoms with Crippen molar-refractivity contribution in [2.45, 2.75) is 48.5 Å². The molecule has 0 aromatic heterocycles. The number of para-hydroxylation sites is 1. The predicted octanol–water partition coefficient (Wildman–Crippen LogP) is 2.72. The fourth-order valence-corrected chi connectivity index (χ4v) is 7.02. The number of carbonyl (C=O) groups is 3. The van der Waals surface area contributed by atoms with Crippen LogP contribution >= 0.6 is 27.5 Å². The number of hydrogen-bond donors (Lipinski definition) is 3. The molecule has 2 aromatic carbocycles. The molecule has 7 atom stereocenters. The van der Waals surface area contributed by atoms with E-state index in [0.717, 1.165) is 5.56 Å². The third-order valence-electron chi connectivity index (χ3n) is 7.46. The van der Waals surface area contributed by atoms with Gasteiger partial charge in [-0.25, -0.2) is 0 Å². The lowest BCUT2D eigenvalue weighted by molar-refractivity contribution is -0.143. The number of ether oxygens (including phenoxy) is 1. The molecule has 2 aromatic rings. The summed E-state index contributed by atoms with van der Waals surface area (Å²) in [5.74, 6) is -2.74. The Hall–Kier alpha value is -2.46. The molecule has 0 aliphatic carbocycles. The molecule has 3 aliphatic heterocycles. The van der Waals surface area contributed by atoms with Crippen LogP contribution in [0.15, 0.2) is 54.6 Å². The Bertz CT molecular complexity index is 1180. The highest BCUT2D eigenvalue weighted by atomic mass is 79.9. The fourth-order valence-electron chi connectivity index (χ4n) is 5.90. The fraction of sp³-hybridized carbons (Fsp3) is 0.423. The van der Waals surface area contributed by atoms with Gasteiger partial charge in [-0.15, -0.1) is 0 Å². The largest absolute Gasteiger partial charge is 0.394 e. The molecule has 3 unspecified atom stereocenters. The van der Waals surface area contributed by atoms with Crippen LogP contribution < -0.4 is 10.6 Å². The van der Waals surface area contributed by atoms with Crippen LogP contribution in [0.5, 0.6) is 0 Å². The van der Waals surface area contributed by atoms with Crippen molar-refractivity contribution in [2.75, 3.05) is 11.9 Å². The predicted molar refractivity (Wildman–Crippen MR) is 137 cm³/mol. The Morgan fingerprint density at radius 2 is 1.89 bits per heavy atom. The summed E-state index contributed by atoms with van der Waals surface area (Å²) < 4.78 is 6.43. The lowest BCUT2D eigenvalue weighted by Gasteiger charge is -2.35. The van der Waals surface area contributed by atoms with E-state index in [-0.39, 0.29) is 23.2 Å². The molecule has 3 aliphatic rings. The summed E-state index contributed by atoms with van der Waals surface area (Å²) in [6.07, 6.45) is -0.178.